The van der Waals surface area contributed by atoms with Crippen molar-refractivity contribution in [2.45, 2.75) is 46.0 Å². The SMILES string of the molecule is C=C(CCCCC(C)CC)C(=O)OC. The molecule has 0 amide bonds. The van der Waals surface area contributed by atoms with E-state index in [-0.39, 0.29) is 5.97 Å². The predicted octanol–water partition coefficient (Wildman–Crippen LogP) is 3.32. The normalized spacial score (nSPS) is 12.2. The number of rotatable bonds is 7. The summed E-state index contributed by atoms with van der Waals surface area (Å²) in [5, 5.41) is 0. The van der Waals surface area contributed by atoms with Crippen molar-refractivity contribution in [3.63, 3.8) is 0 Å². The minimum atomic E-state index is -0.270. The average molecular weight is 198 g/mol. The maximum atomic E-state index is 11.0. The third-order valence-electron chi connectivity index (χ3n) is 2.60. The van der Waals surface area contributed by atoms with Gasteiger partial charge in [0.15, 0.2) is 0 Å². The van der Waals surface area contributed by atoms with Crippen LogP contribution in [0.1, 0.15) is 46.0 Å². The van der Waals surface area contributed by atoms with Gasteiger partial charge < -0.3 is 4.74 Å². The molecule has 0 aliphatic carbocycles. The first-order valence-corrected chi connectivity index (χ1v) is 5.37. The molecule has 14 heavy (non-hydrogen) atoms. The molecule has 0 saturated heterocycles. The van der Waals surface area contributed by atoms with E-state index in [0.29, 0.717) is 5.57 Å². The summed E-state index contributed by atoms with van der Waals surface area (Å²) in [5.74, 6) is 0.523. The van der Waals surface area contributed by atoms with E-state index in [4.69, 9.17) is 0 Å². The number of unbranched alkanes of at least 4 members (excludes halogenated alkanes) is 1. The van der Waals surface area contributed by atoms with Gasteiger partial charge in [0.05, 0.1) is 7.11 Å². The molecule has 0 rings (SSSR count). The molecule has 1 unspecified atom stereocenters. The lowest BCUT2D eigenvalue weighted by Gasteiger charge is -2.07. The Morgan fingerprint density at radius 1 is 1.43 bits per heavy atom. The Kier molecular flexibility index (Phi) is 7.17. The third kappa shape index (κ3) is 5.79. The standard InChI is InChI=1S/C12H22O2/c1-5-10(2)8-6-7-9-11(3)12(13)14-4/h10H,3,5-9H2,1-2,4H3. The summed E-state index contributed by atoms with van der Waals surface area (Å²) >= 11 is 0. The van der Waals surface area contributed by atoms with Crippen LogP contribution in [0.4, 0.5) is 0 Å². The molecule has 0 aromatic heterocycles. The molecule has 0 saturated carbocycles. The Hall–Kier alpha value is -0.790. The third-order valence-corrected chi connectivity index (χ3v) is 2.60. The lowest BCUT2D eigenvalue weighted by Crippen LogP contribution is -2.03. The summed E-state index contributed by atoms with van der Waals surface area (Å²) in [6.07, 6.45) is 5.45. The molecule has 0 heterocycles. The second-order valence-corrected chi connectivity index (χ2v) is 3.85. The summed E-state index contributed by atoms with van der Waals surface area (Å²) in [6.45, 7) is 8.15. The van der Waals surface area contributed by atoms with Crippen molar-refractivity contribution < 1.29 is 9.53 Å². The van der Waals surface area contributed by atoms with Gasteiger partial charge in [-0.3, -0.25) is 0 Å². The van der Waals surface area contributed by atoms with Crippen LogP contribution >= 0.6 is 0 Å². The Morgan fingerprint density at radius 2 is 2.07 bits per heavy atom. The molecule has 0 radical (unpaired) electrons. The molecule has 0 N–H and O–H groups in total. The van der Waals surface area contributed by atoms with Crippen LogP contribution in [0.15, 0.2) is 12.2 Å². The number of hydrogen-bond donors (Lipinski definition) is 0. The highest BCUT2D eigenvalue weighted by molar-refractivity contribution is 5.87. The molecule has 0 aromatic rings. The van der Waals surface area contributed by atoms with Crippen LogP contribution in [0.25, 0.3) is 0 Å². The fourth-order valence-corrected chi connectivity index (χ4v) is 1.28. The smallest absolute Gasteiger partial charge is 0.333 e. The van der Waals surface area contributed by atoms with Crippen LogP contribution in [0.2, 0.25) is 0 Å². The van der Waals surface area contributed by atoms with E-state index in [2.05, 4.69) is 25.2 Å². The first-order chi connectivity index (χ1) is 6.61. The monoisotopic (exact) mass is 198 g/mol. The van der Waals surface area contributed by atoms with Crippen molar-refractivity contribution in [3.05, 3.63) is 12.2 Å². The Balaban J connectivity index is 3.45. The first kappa shape index (κ1) is 13.2. The molecule has 2 nitrogen and oxygen atoms in total. The predicted molar refractivity (Wildman–Crippen MR) is 59.1 cm³/mol. The molecule has 0 spiro atoms. The topological polar surface area (TPSA) is 26.3 Å². The molecule has 0 aliphatic heterocycles. The highest BCUT2D eigenvalue weighted by Crippen LogP contribution is 2.14. The zero-order valence-electron chi connectivity index (χ0n) is 9.64. The number of hydrogen-bond acceptors (Lipinski definition) is 2. The van der Waals surface area contributed by atoms with Crippen LogP contribution in [0.5, 0.6) is 0 Å². The first-order valence-electron chi connectivity index (χ1n) is 5.37. The van der Waals surface area contributed by atoms with Gasteiger partial charge in [-0.25, -0.2) is 4.79 Å². The van der Waals surface area contributed by atoms with Gasteiger partial charge in [-0.05, 0) is 18.8 Å². The highest BCUT2D eigenvalue weighted by Gasteiger charge is 2.06. The number of carbonyl (C=O) groups is 1. The summed E-state index contributed by atoms with van der Waals surface area (Å²) < 4.78 is 4.57. The molecule has 0 aliphatic rings. The van der Waals surface area contributed by atoms with Gasteiger partial charge in [0.2, 0.25) is 0 Å². The molecule has 2 heteroatoms. The minimum absolute atomic E-state index is 0.270. The number of methoxy groups -OCH3 is 1. The van der Waals surface area contributed by atoms with Crippen LogP contribution in [-0.2, 0) is 9.53 Å². The van der Waals surface area contributed by atoms with Crippen LogP contribution < -0.4 is 0 Å². The van der Waals surface area contributed by atoms with Gasteiger partial charge >= 0.3 is 5.97 Å². The second-order valence-electron chi connectivity index (χ2n) is 3.85. The van der Waals surface area contributed by atoms with Gasteiger partial charge in [-0.2, -0.15) is 0 Å². The zero-order valence-corrected chi connectivity index (χ0v) is 9.64. The largest absolute Gasteiger partial charge is 0.466 e. The Bertz CT molecular complexity index is 185. The molecule has 82 valence electrons. The van der Waals surface area contributed by atoms with Crippen molar-refractivity contribution in [2.75, 3.05) is 7.11 Å². The summed E-state index contributed by atoms with van der Waals surface area (Å²) in [6, 6.07) is 0. The summed E-state index contributed by atoms with van der Waals surface area (Å²) in [4.78, 5) is 11.0. The van der Waals surface area contributed by atoms with E-state index in [1.165, 1.54) is 26.4 Å². The van der Waals surface area contributed by atoms with E-state index in [1.807, 2.05) is 0 Å². The molecule has 1 atom stereocenters. The fourth-order valence-electron chi connectivity index (χ4n) is 1.28. The van der Waals surface area contributed by atoms with Gasteiger partial charge in [0, 0.05) is 5.57 Å². The second kappa shape index (κ2) is 7.60. The average Bonchev–Trinajstić information content (AvgIpc) is 2.22. The molecule has 0 fully saturated rings. The van der Waals surface area contributed by atoms with Crippen LogP contribution in [-0.4, -0.2) is 13.1 Å². The lowest BCUT2D eigenvalue weighted by atomic mass is 9.99. The van der Waals surface area contributed by atoms with Crippen molar-refractivity contribution in [1.82, 2.24) is 0 Å². The van der Waals surface area contributed by atoms with Crippen molar-refractivity contribution in [3.8, 4) is 0 Å². The van der Waals surface area contributed by atoms with E-state index in [9.17, 15) is 4.79 Å². The number of esters is 1. The molecule has 0 bridgehead atoms. The minimum Gasteiger partial charge on any atom is -0.466 e. The maximum Gasteiger partial charge on any atom is 0.333 e. The summed E-state index contributed by atoms with van der Waals surface area (Å²) in [5.41, 5.74) is 0.594. The van der Waals surface area contributed by atoms with Gasteiger partial charge in [-0.1, -0.05) is 39.7 Å². The number of carbonyl (C=O) groups excluding carboxylic acids is 1. The lowest BCUT2D eigenvalue weighted by molar-refractivity contribution is -0.136. The van der Waals surface area contributed by atoms with Gasteiger partial charge in [0.25, 0.3) is 0 Å². The highest BCUT2D eigenvalue weighted by atomic mass is 16.5. The van der Waals surface area contributed by atoms with Crippen molar-refractivity contribution in [2.24, 2.45) is 5.92 Å². The van der Waals surface area contributed by atoms with E-state index >= 15 is 0 Å². The Morgan fingerprint density at radius 3 is 2.57 bits per heavy atom. The van der Waals surface area contributed by atoms with E-state index < -0.39 is 0 Å². The zero-order chi connectivity index (χ0) is 11.0. The Labute approximate surface area is 87.3 Å². The summed E-state index contributed by atoms with van der Waals surface area (Å²) in [7, 11) is 1.40. The molecular weight excluding hydrogens is 176 g/mol. The number of ether oxygens (including phenoxy) is 1. The van der Waals surface area contributed by atoms with E-state index in [1.54, 1.807) is 0 Å². The van der Waals surface area contributed by atoms with Crippen LogP contribution in [0.3, 0.4) is 0 Å². The fraction of sp³-hybridized carbons (Fsp3) is 0.750. The quantitative estimate of drug-likeness (QED) is 0.356. The van der Waals surface area contributed by atoms with Crippen LogP contribution in [0, 0.1) is 5.92 Å². The van der Waals surface area contributed by atoms with Crippen molar-refractivity contribution in [1.29, 1.82) is 0 Å². The van der Waals surface area contributed by atoms with Crippen molar-refractivity contribution >= 4 is 5.97 Å². The maximum absolute atomic E-state index is 11.0. The molecule has 0 aromatic carbocycles. The van der Waals surface area contributed by atoms with Gasteiger partial charge in [-0.15, -0.1) is 0 Å². The van der Waals surface area contributed by atoms with E-state index in [0.717, 1.165) is 18.8 Å². The molecular formula is C12H22O2. The van der Waals surface area contributed by atoms with Gasteiger partial charge in [0.1, 0.15) is 0 Å².